The molecule has 0 aliphatic rings. The molecule has 1 aromatic heterocycles. The molecule has 0 bridgehead atoms. The van der Waals surface area contributed by atoms with Gasteiger partial charge in [0.05, 0.1) is 18.4 Å². The molecule has 2 rings (SSSR count). The zero-order valence-corrected chi connectivity index (χ0v) is 9.34. The number of methoxy groups -OCH3 is 1. The number of rotatable bonds is 2. The highest BCUT2D eigenvalue weighted by Crippen LogP contribution is 2.37. The Morgan fingerprint density at radius 3 is 2.87 bits per heavy atom. The Morgan fingerprint density at radius 2 is 2.27 bits per heavy atom. The van der Waals surface area contributed by atoms with Crippen molar-refractivity contribution in [2.75, 3.05) is 7.11 Å². The monoisotopic (exact) mass is 225 g/mol. The zero-order chi connectivity index (χ0) is 11.0. The van der Waals surface area contributed by atoms with E-state index in [2.05, 4.69) is 0 Å². The van der Waals surface area contributed by atoms with Crippen molar-refractivity contribution in [2.45, 2.75) is 13.0 Å². The summed E-state index contributed by atoms with van der Waals surface area (Å²) < 4.78 is 10.5. The Balaban J connectivity index is 2.79. The molecule has 0 fully saturated rings. The third-order valence-electron chi connectivity index (χ3n) is 2.38. The van der Waals surface area contributed by atoms with Gasteiger partial charge in [0.25, 0.3) is 0 Å². The topological polar surface area (TPSA) is 48.4 Å². The van der Waals surface area contributed by atoms with Crippen LogP contribution >= 0.6 is 11.6 Å². The third kappa shape index (κ3) is 1.58. The van der Waals surface area contributed by atoms with Crippen molar-refractivity contribution in [3.05, 3.63) is 29.0 Å². The van der Waals surface area contributed by atoms with Gasteiger partial charge in [-0.3, -0.25) is 0 Å². The largest absolute Gasteiger partial charge is 0.493 e. The van der Waals surface area contributed by atoms with E-state index in [1.165, 1.54) is 0 Å². The van der Waals surface area contributed by atoms with Gasteiger partial charge >= 0.3 is 0 Å². The first-order valence-corrected chi connectivity index (χ1v) is 5.02. The molecule has 2 N–H and O–H groups in total. The second-order valence-electron chi connectivity index (χ2n) is 3.43. The van der Waals surface area contributed by atoms with Gasteiger partial charge in [0.1, 0.15) is 0 Å². The number of ether oxygens (including phenoxy) is 1. The molecule has 4 heteroatoms. The van der Waals surface area contributed by atoms with Crippen LogP contribution in [0.3, 0.4) is 0 Å². The Bertz CT molecular complexity index is 491. The SMILES string of the molecule is COc1cc(C(C)N)c(Cl)c2ccoc12. The average Bonchev–Trinajstić information content (AvgIpc) is 2.67. The van der Waals surface area contributed by atoms with E-state index in [9.17, 15) is 0 Å². The summed E-state index contributed by atoms with van der Waals surface area (Å²) in [6, 6.07) is 3.50. The van der Waals surface area contributed by atoms with Gasteiger partial charge in [0.15, 0.2) is 11.3 Å². The molecule has 15 heavy (non-hydrogen) atoms. The van der Waals surface area contributed by atoms with Gasteiger partial charge in [-0.15, -0.1) is 0 Å². The van der Waals surface area contributed by atoms with E-state index < -0.39 is 0 Å². The summed E-state index contributed by atoms with van der Waals surface area (Å²) >= 11 is 6.21. The number of hydrogen-bond donors (Lipinski definition) is 1. The van der Waals surface area contributed by atoms with Crippen molar-refractivity contribution >= 4 is 22.6 Å². The number of nitrogens with two attached hydrogens (primary N) is 1. The fourth-order valence-corrected chi connectivity index (χ4v) is 1.96. The molecule has 0 aliphatic carbocycles. The van der Waals surface area contributed by atoms with E-state index in [4.69, 9.17) is 26.5 Å². The van der Waals surface area contributed by atoms with E-state index >= 15 is 0 Å². The fraction of sp³-hybridized carbons (Fsp3) is 0.273. The molecule has 0 saturated heterocycles. The maximum atomic E-state index is 6.21. The van der Waals surface area contributed by atoms with Crippen molar-refractivity contribution in [1.29, 1.82) is 0 Å². The lowest BCUT2D eigenvalue weighted by Gasteiger charge is -2.11. The van der Waals surface area contributed by atoms with Gasteiger partial charge in [-0.1, -0.05) is 11.6 Å². The normalized spacial score (nSPS) is 13.1. The molecular weight excluding hydrogens is 214 g/mol. The highest BCUT2D eigenvalue weighted by atomic mass is 35.5. The second kappa shape index (κ2) is 3.76. The van der Waals surface area contributed by atoms with Crippen LogP contribution in [0.25, 0.3) is 11.0 Å². The molecule has 1 unspecified atom stereocenters. The summed E-state index contributed by atoms with van der Waals surface area (Å²) in [6.07, 6.45) is 1.59. The van der Waals surface area contributed by atoms with Gasteiger partial charge in [-0.25, -0.2) is 0 Å². The van der Waals surface area contributed by atoms with E-state index in [-0.39, 0.29) is 6.04 Å². The molecule has 0 saturated carbocycles. The maximum Gasteiger partial charge on any atom is 0.177 e. The van der Waals surface area contributed by atoms with Crippen LogP contribution in [-0.2, 0) is 0 Å². The molecule has 1 aromatic carbocycles. The third-order valence-corrected chi connectivity index (χ3v) is 2.80. The standard InChI is InChI=1S/C11H12ClNO2/c1-6(13)8-5-9(14-2)11-7(10(8)12)3-4-15-11/h3-6H,13H2,1-2H3. The Morgan fingerprint density at radius 1 is 1.53 bits per heavy atom. The van der Waals surface area contributed by atoms with Gasteiger partial charge in [0, 0.05) is 11.4 Å². The summed E-state index contributed by atoms with van der Waals surface area (Å²) in [4.78, 5) is 0. The minimum atomic E-state index is -0.134. The van der Waals surface area contributed by atoms with Gasteiger partial charge in [-0.2, -0.15) is 0 Å². The van der Waals surface area contributed by atoms with Crippen molar-refractivity contribution in [3.8, 4) is 5.75 Å². The highest BCUT2D eigenvalue weighted by molar-refractivity contribution is 6.36. The summed E-state index contributed by atoms with van der Waals surface area (Å²) in [5.74, 6) is 0.659. The average molecular weight is 226 g/mol. The highest BCUT2D eigenvalue weighted by Gasteiger charge is 2.15. The molecule has 2 aromatic rings. The summed E-state index contributed by atoms with van der Waals surface area (Å²) in [7, 11) is 1.59. The molecule has 1 atom stereocenters. The van der Waals surface area contributed by atoms with Crippen LogP contribution in [0, 0.1) is 0 Å². The van der Waals surface area contributed by atoms with Crippen LogP contribution in [0.4, 0.5) is 0 Å². The predicted octanol–water partition coefficient (Wildman–Crippen LogP) is 3.11. The van der Waals surface area contributed by atoms with E-state index in [1.807, 2.05) is 19.1 Å². The zero-order valence-electron chi connectivity index (χ0n) is 8.58. The van der Waals surface area contributed by atoms with Crippen molar-refractivity contribution in [3.63, 3.8) is 0 Å². The van der Waals surface area contributed by atoms with Crippen molar-refractivity contribution in [2.24, 2.45) is 5.73 Å². The van der Waals surface area contributed by atoms with E-state index in [1.54, 1.807) is 13.4 Å². The quantitative estimate of drug-likeness (QED) is 0.854. The van der Waals surface area contributed by atoms with Crippen LogP contribution < -0.4 is 10.5 Å². The first-order chi connectivity index (χ1) is 7.15. The molecular formula is C11H12ClNO2. The lowest BCUT2D eigenvalue weighted by Crippen LogP contribution is -2.06. The van der Waals surface area contributed by atoms with Crippen LogP contribution in [0.1, 0.15) is 18.5 Å². The number of halogens is 1. The molecule has 0 amide bonds. The Labute approximate surface area is 92.8 Å². The molecule has 3 nitrogen and oxygen atoms in total. The molecule has 0 spiro atoms. The molecule has 80 valence electrons. The van der Waals surface area contributed by atoms with Crippen molar-refractivity contribution in [1.82, 2.24) is 0 Å². The molecule has 1 heterocycles. The number of furan rings is 1. The molecule has 0 radical (unpaired) electrons. The number of benzene rings is 1. The summed E-state index contributed by atoms with van der Waals surface area (Å²) in [6.45, 7) is 1.88. The number of hydrogen-bond acceptors (Lipinski definition) is 3. The van der Waals surface area contributed by atoms with Crippen LogP contribution in [-0.4, -0.2) is 7.11 Å². The molecule has 0 aliphatic heterocycles. The predicted molar refractivity (Wildman–Crippen MR) is 60.4 cm³/mol. The van der Waals surface area contributed by atoms with Gasteiger partial charge < -0.3 is 14.9 Å². The van der Waals surface area contributed by atoms with Crippen molar-refractivity contribution < 1.29 is 9.15 Å². The Kier molecular flexibility index (Phi) is 2.59. The van der Waals surface area contributed by atoms with E-state index in [0.29, 0.717) is 16.4 Å². The fourth-order valence-electron chi connectivity index (χ4n) is 1.58. The van der Waals surface area contributed by atoms with Crippen LogP contribution in [0.15, 0.2) is 22.8 Å². The van der Waals surface area contributed by atoms with Crippen LogP contribution in [0.5, 0.6) is 5.75 Å². The lowest BCUT2D eigenvalue weighted by atomic mass is 10.1. The summed E-state index contributed by atoms with van der Waals surface area (Å²) in [5.41, 5.74) is 7.35. The number of fused-ring (bicyclic) bond motifs is 1. The second-order valence-corrected chi connectivity index (χ2v) is 3.81. The first kappa shape index (κ1) is 10.3. The minimum absolute atomic E-state index is 0.134. The first-order valence-electron chi connectivity index (χ1n) is 4.64. The maximum absolute atomic E-state index is 6.21. The van der Waals surface area contributed by atoms with Gasteiger partial charge in [-0.05, 0) is 24.6 Å². The van der Waals surface area contributed by atoms with Gasteiger partial charge in [0.2, 0.25) is 0 Å². The minimum Gasteiger partial charge on any atom is -0.493 e. The lowest BCUT2D eigenvalue weighted by molar-refractivity contribution is 0.409. The Hall–Kier alpha value is -1.19. The summed E-state index contributed by atoms with van der Waals surface area (Å²) in [5, 5.41) is 1.47. The smallest absolute Gasteiger partial charge is 0.177 e. The van der Waals surface area contributed by atoms with E-state index in [0.717, 1.165) is 10.9 Å². The van der Waals surface area contributed by atoms with Crippen LogP contribution in [0.2, 0.25) is 5.02 Å².